The summed E-state index contributed by atoms with van der Waals surface area (Å²) in [4.78, 5) is 0. The molecule has 2 aromatic rings. The van der Waals surface area contributed by atoms with Crippen LogP contribution >= 0.6 is 39.1 Å². The van der Waals surface area contributed by atoms with E-state index in [1.807, 2.05) is 14.0 Å². The average molecular weight is 394 g/mol. The van der Waals surface area contributed by atoms with Crippen molar-refractivity contribution in [3.05, 3.63) is 43.6 Å². The summed E-state index contributed by atoms with van der Waals surface area (Å²) < 4.78 is 8.48. The molecule has 4 nitrogen and oxygen atoms in total. The molecular weight excluding hydrogens is 379 g/mol. The zero-order valence-electron chi connectivity index (χ0n) is 11.7. The van der Waals surface area contributed by atoms with Crippen LogP contribution < -0.4 is 4.74 Å². The lowest BCUT2D eigenvalue weighted by Crippen LogP contribution is -2.05. The van der Waals surface area contributed by atoms with Crippen LogP contribution in [0.3, 0.4) is 0 Å². The summed E-state index contributed by atoms with van der Waals surface area (Å²) in [7, 11) is 1.86. The molecule has 0 atom stereocenters. The molecule has 0 aliphatic rings. The normalized spacial score (nSPS) is 11.0. The van der Waals surface area contributed by atoms with Crippen molar-refractivity contribution in [2.45, 2.75) is 26.6 Å². The molecule has 0 aliphatic carbocycles. The molecule has 0 unspecified atom stereocenters. The molecule has 114 valence electrons. The van der Waals surface area contributed by atoms with Gasteiger partial charge in [-0.25, -0.2) is 0 Å². The summed E-state index contributed by atoms with van der Waals surface area (Å²) in [6.45, 7) is 2.14. The average Bonchev–Trinajstić information content (AvgIpc) is 2.72. The van der Waals surface area contributed by atoms with E-state index < -0.39 is 0 Å². The number of hydrogen-bond donors (Lipinski definition) is 1. The number of aliphatic hydroxyl groups excluding tert-OH is 1. The molecule has 0 fully saturated rings. The Morgan fingerprint density at radius 2 is 2.10 bits per heavy atom. The van der Waals surface area contributed by atoms with Gasteiger partial charge in [-0.05, 0) is 34.5 Å². The number of aryl methyl sites for hydroxylation is 2. The highest BCUT2D eigenvalue weighted by molar-refractivity contribution is 9.10. The van der Waals surface area contributed by atoms with Gasteiger partial charge >= 0.3 is 0 Å². The van der Waals surface area contributed by atoms with Crippen LogP contribution in [0, 0.1) is 0 Å². The van der Waals surface area contributed by atoms with Crippen LogP contribution in [0.2, 0.25) is 10.0 Å². The Hall–Kier alpha value is -0.750. The van der Waals surface area contributed by atoms with Gasteiger partial charge in [-0.15, -0.1) is 0 Å². The molecule has 0 aliphatic heterocycles. The van der Waals surface area contributed by atoms with Crippen LogP contribution in [0.1, 0.15) is 23.9 Å². The minimum atomic E-state index is -0.192. The molecular formula is C14H15BrCl2N2O2. The second kappa shape index (κ2) is 7.01. The van der Waals surface area contributed by atoms with Gasteiger partial charge in [0, 0.05) is 17.6 Å². The van der Waals surface area contributed by atoms with Gasteiger partial charge in [0.2, 0.25) is 0 Å². The van der Waals surface area contributed by atoms with Crippen molar-refractivity contribution in [1.82, 2.24) is 9.78 Å². The summed E-state index contributed by atoms with van der Waals surface area (Å²) in [5.41, 5.74) is 2.43. The largest absolute Gasteiger partial charge is 0.485 e. The van der Waals surface area contributed by atoms with E-state index in [1.54, 1.807) is 16.8 Å². The van der Waals surface area contributed by atoms with E-state index in [9.17, 15) is 5.11 Å². The Bertz CT molecular complexity index is 659. The molecule has 1 aromatic heterocycles. The monoisotopic (exact) mass is 392 g/mol. The van der Waals surface area contributed by atoms with Gasteiger partial charge in [0.05, 0.1) is 27.5 Å². The van der Waals surface area contributed by atoms with E-state index in [2.05, 4.69) is 21.0 Å². The van der Waals surface area contributed by atoms with Gasteiger partial charge in [-0.3, -0.25) is 4.68 Å². The van der Waals surface area contributed by atoms with Crippen molar-refractivity contribution < 1.29 is 9.84 Å². The molecule has 7 heteroatoms. The van der Waals surface area contributed by atoms with Crippen LogP contribution in [-0.4, -0.2) is 14.9 Å². The van der Waals surface area contributed by atoms with E-state index in [0.29, 0.717) is 28.0 Å². The number of halogens is 3. The topological polar surface area (TPSA) is 47.3 Å². The third-order valence-corrected chi connectivity index (χ3v) is 4.53. The van der Waals surface area contributed by atoms with Crippen molar-refractivity contribution in [3.63, 3.8) is 0 Å². The molecule has 1 N–H and O–H groups in total. The summed E-state index contributed by atoms with van der Waals surface area (Å²) in [6.07, 6.45) is 0.831. The maximum absolute atomic E-state index is 9.39. The van der Waals surface area contributed by atoms with Gasteiger partial charge in [-0.1, -0.05) is 30.1 Å². The van der Waals surface area contributed by atoms with Gasteiger partial charge < -0.3 is 9.84 Å². The number of nitrogens with zero attached hydrogens (tertiary/aromatic N) is 2. The lowest BCUT2D eigenvalue weighted by Gasteiger charge is -2.13. The van der Waals surface area contributed by atoms with Crippen LogP contribution in [-0.2, 0) is 26.7 Å². The van der Waals surface area contributed by atoms with E-state index in [0.717, 1.165) is 22.3 Å². The standard InChI is InChI=1S/C14H15BrCl2N2O2/c1-3-11-13(15)12(19(2)18-11)7-21-14-8(6-20)4-9(16)5-10(14)17/h4-5,20H,3,6-7H2,1-2H3. The SMILES string of the molecule is CCc1nn(C)c(COc2c(Cl)cc(Cl)cc2CO)c1Br. The van der Waals surface area contributed by atoms with E-state index in [1.165, 1.54) is 0 Å². The Balaban J connectivity index is 2.27. The fourth-order valence-corrected chi connectivity index (χ4v) is 3.33. The minimum absolute atomic E-state index is 0.192. The Morgan fingerprint density at radius 1 is 1.38 bits per heavy atom. The molecule has 2 rings (SSSR count). The van der Waals surface area contributed by atoms with E-state index in [4.69, 9.17) is 27.9 Å². The predicted octanol–water partition coefficient (Wildman–Crippen LogP) is 4.12. The number of rotatable bonds is 5. The zero-order valence-corrected chi connectivity index (χ0v) is 14.8. The van der Waals surface area contributed by atoms with Crippen molar-refractivity contribution in [2.24, 2.45) is 7.05 Å². The highest BCUT2D eigenvalue weighted by Gasteiger charge is 2.15. The maximum Gasteiger partial charge on any atom is 0.144 e. The second-order valence-corrected chi connectivity index (χ2v) is 6.14. The minimum Gasteiger partial charge on any atom is -0.485 e. The molecule has 21 heavy (non-hydrogen) atoms. The first kappa shape index (κ1) is 16.6. The van der Waals surface area contributed by atoms with E-state index in [-0.39, 0.29) is 6.61 Å². The molecule has 0 saturated heterocycles. The third kappa shape index (κ3) is 3.54. The predicted molar refractivity (Wildman–Crippen MR) is 87.0 cm³/mol. The smallest absolute Gasteiger partial charge is 0.144 e. The lowest BCUT2D eigenvalue weighted by atomic mass is 10.2. The number of aromatic nitrogens is 2. The van der Waals surface area contributed by atoms with Crippen LogP contribution in [0.15, 0.2) is 16.6 Å². The first-order valence-corrected chi connectivity index (χ1v) is 7.94. The van der Waals surface area contributed by atoms with Gasteiger partial charge in [0.25, 0.3) is 0 Å². The van der Waals surface area contributed by atoms with Gasteiger partial charge in [-0.2, -0.15) is 5.10 Å². The van der Waals surface area contributed by atoms with Gasteiger partial charge in [0.1, 0.15) is 12.4 Å². The molecule has 1 aromatic carbocycles. The molecule has 0 spiro atoms. The molecule has 0 bridgehead atoms. The molecule has 0 saturated carbocycles. The highest BCUT2D eigenvalue weighted by atomic mass is 79.9. The lowest BCUT2D eigenvalue weighted by molar-refractivity contribution is 0.255. The molecule has 0 amide bonds. The number of benzene rings is 1. The summed E-state index contributed by atoms with van der Waals surface area (Å²) >= 11 is 15.6. The number of ether oxygens (including phenoxy) is 1. The summed E-state index contributed by atoms with van der Waals surface area (Å²) in [5, 5.41) is 14.6. The Labute approximate surface area is 141 Å². The Kier molecular flexibility index (Phi) is 5.54. The van der Waals surface area contributed by atoms with Crippen molar-refractivity contribution in [3.8, 4) is 5.75 Å². The Morgan fingerprint density at radius 3 is 2.67 bits per heavy atom. The fourth-order valence-electron chi connectivity index (χ4n) is 2.01. The molecule has 1 heterocycles. The number of aliphatic hydroxyl groups is 1. The highest BCUT2D eigenvalue weighted by Crippen LogP contribution is 2.33. The second-order valence-electron chi connectivity index (χ2n) is 4.51. The van der Waals surface area contributed by atoms with Crippen LogP contribution in [0.25, 0.3) is 0 Å². The fraction of sp³-hybridized carbons (Fsp3) is 0.357. The third-order valence-electron chi connectivity index (χ3n) is 3.11. The van der Waals surface area contributed by atoms with Crippen molar-refractivity contribution in [1.29, 1.82) is 0 Å². The van der Waals surface area contributed by atoms with Crippen molar-refractivity contribution >= 4 is 39.1 Å². The van der Waals surface area contributed by atoms with E-state index >= 15 is 0 Å². The van der Waals surface area contributed by atoms with Crippen LogP contribution in [0.5, 0.6) is 5.75 Å². The first-order valence-electron chi connectivity index (χ1n) is 6.39. The first-order chi connectivity index (χ1) is 9.97. The maximum atomic E-state index is 9.39. The quantitative estimate of drug-likeness (QED) is 0.830. The van der Waals surface area contributed by atoms with Crippen molar-refractivity contribution in [2.75, 3.05) is 0 Å². The summed E-state index contributed by atoms with van der Waals surface area (Å²) in [6, 6.07) is 3.23. The summed E-state index contributed by atoms with van der Waals surface area (Å²) in [5.74, 6) is 0.440. The molecule has 0 radical (unpaired) electrons. The zero-order chi connectivity index (χ0) is 15.6. The van der Waals surface area contributed by atoms with Crippen LogP contribution in [0.4, 0.5) is 0 Å². The van der Waals surface area contributed by atoms with Gasteiger partial charge in [0.15, 0.2) is 0 Å². The number of hydrogen-bond acceptors (Lipinski definition) is 3.